The van der Waals surface area contributed by atoms with E-state index in [0.717, 1.165) is 0 Å². The number of nitrogens with one attached hydrogen (secondary N) is 1. The monoisotopic (exact) mass is 224 g/mol. The van der Waals surface area contributed by atoms with Crippen molar-refractivity contribution < 1.29 is 9.53 Å². The Morgan fingerprint density at radius 1 is 1.62 bits per heavy atom. The van der Waals surface area contributed by atoms with Crippen LogP contribution < -0.4 is 11.1 Å². The van der Waals surface area contributed by atoms with Gasteiger partial charge in [-0.2, -0.15) is 0 Å². The van der Waals surface area contributed by atoms with E-state index in [1.165, 1.54) is 38.4 Å². The Hall–Kier alpha value is -1.03. The minimum Gasteiger partial charge on any atom is -0.468 e. The average molecular weight is 224 g/mol. The van der Waals surface area contributed by atoms with Crippen LogP contribution in [-0.2, 0) is 9.53 Å². The van der Waals surface area contributed by atoms with E-state index in [-0.39, 0.29) is 5.97 Å². The maximum Gasteiger partial charge on any atom is 0.322 e. The summed E-state index contributed by atoms with van der Waals surface area (Å²) >= 11 is 0. The molecule has 3 N–H and O–H groups in total. The zero-order chi connectivity index (χ0) is 11.5. The minimum absolute atomic E-state index is 0.319. The normalized spacial score (nSPS) is 30.0. The Bertz CT molecular complexity index is 301. The smallest absolute Gasteiger partial charge is 0.322 e. The lowest BCUT2D eigenvalue weighted by Crippen LogP contribution is -2.34. The molecule has 2 aliphatic rings. The minimum atomic E-state index is -0.515. The zero-order valence-electron chi connectivity index (χ0n) is 9.74. The summed E-state index contributed by atoms with van der Waals surface area (Å²) in [6.45, 7) is 0. The molecule has 0 radical (unpaired) electrons. The summed E-state index contributed by atoms with van der Waals surface area (Å²) in [6.07, 6.45) is 7.73. The average Bonchev–Trinajstić information content (AvgIpc) is 2.72. The van der Waals surface area contributed by atoms with E-state index in [4.69, 9.17) is 5.73 Å². The predicted octanol–water partition coefficient (Wildman–Crippen LogP) is 0.923. The van der Waals surface area contributed by atoms with Gasteiger partial charge in [0.25, 0.3) is 0 Å². The first-order chi connectivity index (χ1) is 7.72. The van der Waals surface area contributed by atoms with Gasteiger partial charge < -0.3 is 15.8 Å². The number of fused-ring (bicyclic) bond motifs is 1. The standard InChI is InChI=1S/C12H20N2O2/c1-16-12(15)10(13)6-8-7-14-11-5-3-2-4-9(8)11/h7,9-11,14H,2-6,13H2,1H3. The second kappa shape index (κ2) is 4.87. The van der Waals surface area contributed by atoms with Crippen molar-refractivity contribution in [3.8, 4) is 0 Å². The van der Waals surface area contributed by atoms with Crippen molar-refractivity contribution in [2.45, 2.75) is 44.2 Å². The van der Waals surface area contributed by atoms with E-state index < -0.39 is 6.04 Å². The lowest BCUT2D eigenvalue weighted by molar-refractivity contribution is -0.142. The van der Waals surface area contributed by atoms with Gasteiger partial charge in [0.15, 0.2) is 0 Å². The van der Waals surface area contributed by atoms with Crippen molar-refractivity contribution in [3.63, 3.8) is 0 Å². The van der Waals surface area contributed by atoms with Crippen LogP contribution in [0.25, 0.3) is 0 Å². The molecule has 3 unspecified atom stereocenters. The topological polar surface area (TPSA) is 64.3 Å². The molecule has 0 spiro atoms. The second-order valence-corrected chi connectivity index (χ2v) is 4.72. The Morgan fingerprint density at radius 3 is 3.12 bits per heavy atom. The van der Waals surface area contributed by atoms with Crippen LogP contribution in [0.1, 0.15) is 32.1 Å². The summed E-state index contributed by atoms with van der Waals surface area (Å²) in [6, 6.07) is 0.0623. The fourth-order valence-corrected chi connectivity index (χ4v) is 2.79. The Morgan fingerprint density at radius 2 is 2.38 bits per heavy atom. The van der Waals surface area contributed by atoms with Crippen LogP contribution in [-0.4, -0.2) is 25.2 Å². The van der Waals surface area contributed by atoms with Crippen molar-refractivity contribution in [1.29, 1.82) is 0 Å². The van der Waals surface area contributed by atoms with Crippen molar-refractivity contribution >= 4 is 5.97 Å². The quantitative estimate of drug-likeness (QED) is 0.700. The molecule has 0 aromatic heterocycles. The van der Waals surface area contributed by atoms with Crippen LogP contribution in [0.3, 0.4) is 0 Å². The van der Waals surface area contributed by atoms with Crippen LogP contribution in [0, 0.1) is 5.92 Å². The first kappa shape index (κ1) is 11.5. The maximum atomic E-state index is 11.3. The molecule has 0 bridgehead atoms. The van der Waals surface area contributed by atoms with Gasteiger partial charge in [0, 0.05) is 12.0 Å². The number of carbonyl (C=O) groups excluding carboxylic acids is 1. The lowest BCUT2D eigenvalue weighted by Gasteiger charge is -2.28. The Labute approximate surface area is 96.2 Å². The Balaban J connectivity index is 1.93. The maximum absolute atomic E-state index is 11.3. The summed E-state index contributed by atoms with van der Waals surface area (Å²) < 4.78 is 4.65. The molecule has 1 heterocycles. The third kappa shape index (κ3) is 2.21. The van der Waals surface area contributed by atoms with Crippen molar-refractivity contribution in [2.75, 3.05) is 7.11 Å². The molecule has 16 heavy (non-hydrogen) atoms. The number of carbonyl (C=O) groups is 1. The Kier molecular flexibility index (Phi) is 3.49. The number of hydrogen-bond donors (Lipinski definition) is 2. The fraction of sp³-hybridized carbons (Fsp3) is 0.750. The van der Waals surface area contributed by atoms with Gasteiger partial charge in [-0.25, -0.2) is 0 Å². The van der Waals surface area contributed by atoms with E-state index in [1.807, 2.05) is 0 Å². The number of hydrogen-bond acceptors (Lipinski definition) is 4. The van der Waals surface area contributed by atoms with Gasteiger partial charge in [-0.15, -0.1) is 0 Å². The van der Waals surface area contributed by atoms with E-state index in [0.29, 0.717) is 18.4 Å². The van der Waals surface area contributed by atoms with Gasteiger partial charge in [0.2, 0.25) is 0 Å². The molecule has 3 atom stereocenters. The highest BCUT2D eigenvalue weighted by molar-refractivity contribution is 5.75. The summed E-state index contributed by atoms with van der Waals surface area (Å²) in [5.41, 5.74) is 7.08. The number of esters is 1. The molecule has 1 saturated carbocycles. The molecule has 0 aromatic carbocycles. The molecular formula is C12H20N2O2. The summed E-state index contributed by atoms with van der Waals surface area (Å²) in [7, 11) is 1.38. The first-order valence-electron chi connectivity index (χ1n) is 6.00. The van der Waals surface area contributed by atoms with Crippen LogP contribution >= 0.6 is 0 Å². The van der Waals surface area contributed by atoms with E-state index in [1.54, 1.807) is 0 Å². The second-order valence-electron chi connectivity index (χ2n) is 4.72. The summed E-state index contributed by atoms with van der Waals surface area (Å²) in [4.78, 5) is 11.3. The van der Waals surface area contributed by atoms with Gasteiger partial charge in [-0.05, 0) is 31.0 Å². The highest BCUT2D eigenvalue weighted by Gasteiger charge is 2.33. The lowest BCUT2D eigenvalue weighted by atomic mass is 9.80. The van der Waals surface area contributed by atoms with E-state index in [2.05, 4.69) is 16.3 Å². The molecule has 1 aliphatic heterocycles. The van der Waals surface area contributed by atoms with Gasteiger partial charge in [-0.3, -0.25) is 4.79 Å². The first-order valence-corrected chi connectivity index (χ1v) is 6.00. The molecule has 1 aliphatic carbocycles. The van der Waals surface area contributed by atoms with Crippen LogP contribution in [0.5, 0.6) is 0 Å². The highest BCUT2D eigenvalue weighted by Crippen LogP contribution is 2.35. The molecule has 0 amide bonds. The number of nitrogens with two attached hydrogens (primary N) is 1. The molecule has 4 heteroatoms. The van der Waals surface area contributed by atoms with Crippen molar-refractivity contribution in [1.82, 2.24) is 5.32 Å². The number of methoxy groups -OCH3 is 1. The van der Waals surface area contributed by atoms with Gasteiger partial charge in [0.1, 0.15) is 6.04 Å². The number of rotatable bonds is 3. The highest BCUT2D eigenvalue weighted by atomic mass is 16.5. The summed E-state index contributed by atoms with van der Waals surface area (Å²) in [5, 5.41) is 3.40. The van der Waals surface area contributed by atoms with Crippen molar-refractivity contribution in [3.05, 3.63) is 11.8 Å². The SMILES string of the molecule is COC(=O)C(N)CC1=CNC2CCCCC12. The van der Waals surface area contributed by atoms with E-state index >= 15 is 0 Å². The molecule has 1 fully saturated rings. The largest absolute Gasteiger partial charge is 0.468 e. The van der Waals surface area contributed by atoms with Gasteiger partial charge in [-0.1, -0.05) is 12.8 Å². The number of ether oxygens (including phenoxy) is 1. The van der Waals surface area contributed by atoms with Gasteiger partial charge >= 0.3 is 5.97 Å². The van der Waals surface area contributed by atoms with Crippen molar-refractivity contribution in [2.24, 2.45) is 11.7 Å². The molecular weight excluding hydrogens is 204 g/mol. The zero-order valence-corrected chi connectivity index (χ0v) is 9.74. The predicted molar refractivity (Wildman–Crippen MR) is 61.6 cm³/mol. The van der Waals surface area contributed by atoms with Gasteiger partial charge in [0.05, 0.1) is 7.11 Å². The van der Waals surface area contributed by atoms with Crippen LogP contribution in [0.2, 0.25) is 0 Å². The molecule has 2 rings (SSSR count). The molecule has 0 saturated heterocycles. The fourth-order valence-electron chi connectivity index (χ4n) is 2.79. The third-order valence-corrected chi connectivity index (χ3v) is 3.68. The summed E-state index contributed by atoms with van der Waals surface area (Å²) in [5.74, 6) is 0.268. The van der Waals surface area contributed by atoms with Crippen LogP contribution in [0.4, 0.5) is 0 Å². The van der Waals surface area contributed by atoms with E-state index in [9.17, 15) is 4.79 Å². The van der Waals surface area contributed by atoms with Crippen LogP contribution in [0.15, 0.2) is 11.8 Å². The molecule has 90 valence electrons. The molecule has 4 nitrogen and oxygen atoms in total. The molecule has 0 aromatic rings. The third-order valence-electron chi connectivity index (χ3n) is 3.68.